The average molecular weight is 767 g/mol. The molecule has 54 heavy (non-hydrogen) atoms. The van der Waals surface area contributed by atoms with Crippen molar-refractivity contribution in [1.82, 2.24) is 4.31 Å². The second-order valence-electron chi connectivity index (χ2n) is 12.7. The molecule has 0 saturated heterocycles. The number of amides is 1. The van der Waals surface area contributed by atoms with Gasteiger partial charge in [-0.25, -0.2) is 35.2 Å². The Morgan fingerprint density at radius 3 is 1.78 bits per heavy atom. The molecule has 0 fully saturated rings. The molecule has 5 aromatic rings. The lowest BCUT2D eigenvalue weighted by Gasteiger charge is -2.30. The van der Waals surface area contributed by atoms with E-state index in [-0.39, 0.29) is 40.5 Å². The summed E-state index contributed by atoms with van der Waals surface area (Å²) in [6, 6.07) is 22.6. The fraction of sp³-hybridized carbons (Fsp3) is 0.200. The van der Waals surface area contributed by atoms with Gasteiger partial charge in [0.2, 0.25) is 21.7 Å². The van der Waals surface area contributed by atoms with E-state index in [2.05, 4.69) is 0 Å². The van der Waals surface area contributed by atoms with E-state index in [1.54, 1.807) is 93.6 Å². The number of likely N-dealkylation sites (N-methyl/N-ethyl adjacent to an activating group) is 1. The number of carboxylic acids is 1. The van der Waals surface area contributed by atoms with Crippen LogP contribution in [-0.4, -0.2) is 43.3 Å². The van der Waals surface area contributed by atoms with E-state index >= 15 is 8.78 Å². The molecule has 0 unspecified atom stereocenters. The number of aryl methyl sites for hydroxylation is 3. The van der Waals surface area contributed by atoms with Crippen LogP contribution in [0.15, 0.2) is 89.8 Å². The van der Waals surface area contributed by atoms with Crippen molar-refractivity contribution in [3.8, 4) is 5.75 Å². The Kier molecular flexibility index (Phi) is 11.9. The second-order valence-corrected chi connectivity index (χ2v) is 14.7. The van der Waals surface area contributed by atoms with E-state index in [1.165, 1.54) is 0 Å². The molecule has 282 valence electrons. The summed E-state index contributed by atoms with van der Waals surface area (Å²) in [6.07, 6.45) is -0.141. The molecule has 0 bridgehead atoms. The first-order valence-electron chi connectivity index (χ1n) is 16.5. The molecule has 0 aromatic heterocycles. The summed E-state index contributed by atoms with van der Waals surface area (Å²) in [5, 5.41) is 10.2. The quantitative estimate of drug-likeness (QED) is 0.0740. The largest absolute Gasteiger partial charge is 0.488 e. The molecule has 5 aromatic carbocycles. The molecule has 1 amide bonds. The van der Waals surface area contributed by atoms with Crippen molar-refractivity contribution in [1.29, 1.82) is 0 Å². The lowest BCUT2D eigenvalue weighted by molar-refractivity contribution is -0.118. The Morgan fingerprint density at radius 2 is 1.24 bits per heavy atom. The van der Waals surface area contributed by atoms with Gasteiger partial charge in [-0.15, -0.1) is 0 Å². The van der Waals surface area contributed by atoms with Gasteiger partial charge < -0.3 is 14.7 Å². The highest BCUT2D eigenvalue weighted by molar-refractivity contribution is 7.89. The smallest absolute Gasteiger partial charge is 0.339 e. The first kappa shape index (κ1) is 39.6. The lowest BCUT2D eigenvalue weighted by atomic mass is 9.97. The molecule has 0 aliphatic heterocycles. The zero-order valence-corrected chi connectivity index (χ0v) is 30.4. The molecule has 0 aliphatic carbocycles. The van der Waals surface area contributed by atoms with Crippen molar-refractivity contribution in [3.05, 3.63) is 159 Å². The van der Waals surface area contributed by atoms with Crippen LogP contribution in [0.1, 0.15) is 49.3 Å². The topological polar surface area (TPSA) is 104 Å². The number of carbonyl (C=O) groups excluding carboxylic acids is 1. The SMILES string of the molecule is Cc1cc(C)c(S(=O)(=O)N(C)CC(=O)N(Cc2c(F)c(F)c(F)c(F)c2F)c2ccc(C(=O)O)c(OCc3ccccc3)c2Cc2ccccc2)c(C)c1. The molecule has 5 rings (SSSR count). The van der Waals surface area contributed by atoms with E-state index in [4.69, 9.17) is 4.74 Å². The standard InChI is InChI=1S/C40H35F5N2O6S/c1-23-17-24(2)39(25(3)18-23)54(51,52)46(4)21-32(48)47(20-30-33(41)35(43)37(45)36(44)34(30)42)31-16-15-28(40(49)50)38(53-22-27-13-9-6-10-14-27)29(31)19-26-11-7-5-8-12-26/h5-18H,19-22H2,1-4H3,(H,49,50). The minimum absolute atomic E-state index is 0.00462. The number of hydrogen-bond acceptors (Lipinski definition) is 5. The van der Waals surface area contributed by atoms with E-state index in [1.807, 2.05) is 0 Å². The molecule has 0 atom stereocenters. The van der Waals surface area contributed by atoms with Gasteiger partial charge in [0, 0.05) is 24.6 Å². The van der Waals surface area contributed by atoms with Gasteiger partial charge in [0.25, 0.3) is 0 Å². The molecular formula is C40H35F5N2O6S. The van der Waals surface area contributed by atoms with Crippen molar-refractivity contribution >= 4 is 27.6 Å². The fourth-order valence-electron chi connectivity index (χ4n) is 6.25. The predicted octanol–water partition coefficient (Wildman–Crippen LogP) is 8.03. The van der Waals surface area contributed by atoms with Crippen LogP contribution < -0.4 is 9.64 Å². The van der Waals surface area contributed by atoms with Crippen molar-refractivity contribution in [3.63, 3.8) is 0 Å². The summed E-state index contributed by atoms with van der Waals surface area (Å²) in [5.41, 5.74) is 0.813. The second kappa shape index (κ2) is 16.2. The summed E-state index contributed by atoms with van der Waals surface area (Å²) >= 11 is 0. The highest BCUT2D eigenvalue weighted by Crippen LogP contribution is 2.38. The maximum atomic E-state index is 15.3. The average Bonchev–Trinajstić information content (AvgIpc) is 3.13. The zero-order chi connectivity index (χ0) is 39.5. The monoisotopic (exact) mass is 766 g/mol. The third kappa shape index (κ3) is 8.14. The van der Waals surface area contributed by atoms with E-state index in [9.17, 15) is 36.3 Å². The number of hydrogen-bond donors (Lipinski definition) is 1. The van der Waals surface area contributed by atoms with Crippen LogP contribution in [0.4, 0.5) is 27.6 Å². The lowest BCUT2D eigenvalue weighted by Crippen LogP contribution is -2.42. The molecular weight excluding hydrogens is 732 g/mol. The van der Waals surface area contributed by atoms with E-state index in [0.29, 0.717) is 31.5 Å². The van der Waals surface area contributed by atoms with Crippen LogP contribution in [0.3, 0.4) is 0 Å². The summed E-state index contributed by atoms with van der Waals surface area (Å²) in [6.45, 7) is 2.54. The summed E-state index contributed by atoms with van der Waals surface area (Å²) in [5.74, 6) is -14.1. The molecule has 0 heterocycles. The van der Waals surface area contributed by atoms with E-state index in [0.717, 1.165) is 24.7 Å². The fourth-order valence-corrected chi connectivity index (χ4v) is 7.77. The number of anilines is 1. The normalized spacial score (nSPS) is 11.5. The number of benzene rings is 5. The molecule has 0 saturated carbocycles. The maximum Gasteiger partial charge on any atom is 0.339 e. The van der Waals surface area contributed by atoms with Crippen molar-refractivity contribution in [2.45, 2.75) is 45.2 Å². The number of carbonyl (C=O) groups is 2. The Balaban J connectivity index is 1.72. The zero-order valence-electron chi connectivity index (χ0n) is 29.6. The van der Waals surface area contributed by atoms with Gasteiger partial charge in [-0.2, -0.15) is 4.31 Å². The van der Waals surface area contributed by atoms with Gasteiger partial charge in [0.15, 0.2) is 23.3 Å². The molecule has 14 heteroatoms. The number of aromatic carboxylic acids is 1. The Morgan fingerprint density at radius 1 is 0.722 bits per heavy atom. The summed E-state index contributed by atoms with van der Waals surface area (Å²) < 4.78 is 108. The number of ether oxygens (including phenoxy) is 1. The van der Waals surface area contributed by atoms with Crippen LogP contribution in [-0.2, 0) is 34.4 Å². The Hall–Kier alpha value is -5.60. The summed E-state index contributed by atoms with van der Waals surface area (Å²) in [7, 11) is -3.29. The van der Waals surface area contributed by atoms with Gasteiger partial charge in [0.1, 0.15) is 17.9 Å². The van der Waals surface area contributed by atoms with Gasteiger partial charge in [-0.1, -0.05) is 78.4 Å². The first-order chi connectivity index (χ1) is 25.5. The van der Waals surface area contributed by atoms with Crippen LogP contribution in [0.5, 0.6) is 5.75 Å². The van der Waals surface area contributed by atoms with Gasteiger partial charge in [-0.3, -0.25) is 4.79 Å². The van der Waals surface area contributed by atoms with Crippen LogP contribution in [0, 0.1) is 49.9 Å². The molecule has 0 spiro atoms. The number of carboxylic acid groups (broad SMARTS) is 1. The minimum Gasteiger partial charge on any atom is -0.488 e. The Bertz CT molecular complexity index is 2290. The van der Waals surface area contributed by atoms with Gasteiger partial charge in [-0.05, 0) is 55.2 Å². The van der Waals surface area contributed by atoms with Crippen molar-refractivity contribution < 1.29 is 49.8 Å². The van der Waals surface area contributed by atoms with Crippen LogP contribution in [0.25, 0.3) is 0 Å². The third-order valence-corrected chi connectivity index (χ3v) is 10.9. The molecule has 0 aliphatic rings. The molecule has 1 N–H and O–H groups in total. The summed E-state index contributed by atoms with van der Waals surface area (Å²) in [4.78, 5) is 27.5. The number of sulfonamides is 1. The highest BCUT2D eigenvalue weighted by atomic mass is 32.2. The van der Waals surface area contributed by atoms with Gasteiger partial charge >= 0.3 is 5.97 Å². The van der Waals surface area contributed by atoms with Crippen LogP contribution >= 0.6 is 0 Å². The highest BCUT2D eigenvalue weighted by Gasteiger charge is 2.34. The third-order valence-electron chi connectivity index (χ3n) is 8.76. The maximum absolute atomic E-state index is 15.3. The van der Waals surface area contributed by atoms with Crippen molar-refractivity contribution in [2.24, 2.45) is 0 Å². The predicted molar refractivity (Wildman–Crippen MR) is 191 cm³/mol. The molecule has 0 radical (unpaired) electrons. The van der Waals surface area contributed by atoms with E-state index < -0.39 is 69.6 Å². The minimum atomic E-state index is -4.39. The van der Waals surface area contributed by atoms with Crippen molar-refractivity contribution in [2.75, 3.05) is 18.5 Å². The number of nitrogens with zero attached hydrogens (tertiary/aromatic N) is 2. The Labute approximate surface area is 309 Å². The first-order valence-corrected chi connectivity index (χ1v) is 17.9. The number of halogens is 5. The number of rotatable bonds is 13. The van der Waals surface area contributed by atoms with Crippen LogP contribution in [0.2, 0.25) is 0 Å². The van der Waals surface area contributed by atoms with Gasteiger partial charge in [0.05, 0.1) is 23.7 Å². The molecule has 8 nitrogen and oxygen atoms in total.